The summed E-state index contributed by atoms with van der Waals surface area (Å²) in [5, 5.41) is 0.951. The monoisotopic (exact) mass is 454 g/mol. The lowest BCUT2D eigenvalue weighted by Crippen LogP contribution is -2.18. The Bertz CT molecular complexity index is 1190. The van der Waals surface area contributed by atoms with Crippen LogP contribution in [0.1, 0.15) is 24.5 Å². The summed E-state index contributed by atoms with van der Waals surface area (Å²) in [5.41, 5.74) is 6.78. The number of benzene rings is 3. The van der Waals surface area contributed by atoms with E-state index in [1.807, 2.05) is 24.3 Å². The number of ether oxygens (including phenoxy) is 1. The maximum Gasteiger partial charge on any atom is 0.308 e. The summed E-state index contributed by atoms with van der Waals surface area (Å²) in [5.74, 6) is 2.01. The smallest absolute Gasteiger partial charge is 0.308 e. The van der Waals surface area contributed by atoms with Crippen molar-refractivity contribution < 1.29 is 9.53 Å². The average molecular weight is 455 g/mol. The van der Waals surface area contributed by atoms with Gasteiger partial charge < -0.3 is 9.72 Å². The van der Waals surface area contributed by atoms with Crippen LogP contribution in [0, 0.1) is 5.92 Å². The molecule has 0 aliphatic heterocycles. The zero-order valence-corrected chi connectivity index (χ0v) is 19.4. The molecule has 0 fully saturated rings. The largest absolute Gasteiger partial charge is 0.426 e. The Morgan fingerprint density at radius 3 is 2.45 bits per heavy atom. The standard InChI is InChI=1S/C28H26N2O2S/c1-19(31)32-25-14-8-13-23-17-20(15-16-24(23)25)18-33-28-29-26(21-9-4-2-5-10-21)27(30-28)22-11-6-3-7-12-22/h2-14,20H,15-18H2,1H3,(H,29,30). The highest BCUT2D eigenvalue weighted by Gasteiger charge is 2.23. The lowest BCUT2D eigenvalue weighted by atomic mass is 9.84. The van der Waals surface area contributed by atoms with Gasteiger partial charge in [-0.2, -0.15) is 0 Å². The van der Waals surface area contributed by atoms with E-state index in [1.165, 1.54) is 18.1 Å². The van der Waals surface area contributed by atoms with Crippen LogP contribution in [-0.2, 0) is 17.6 Å². The predicted octanol–water partition coefficient (Wildman–Crippen LogP) is 6.57. The Morgan fingerprint density at radius 2 is 1.73 bits per heavy atom. The van der Waals surface area contributed by atoms with Crippen molar-refractivity contribution in [2.45, 2.75) is 31.3 Å². The van der Waals surface area contributed by atoms with E-state index < -0.39 is 0 Å². The molecule has 1 aliphatic rings. The molecule has 1 heterocycles. The molecule has 1 aromatic heterocycles. The lowest BCUT2D eigenvalue weighted by molar-refractivity contribution is -0.131. The molecule has 4 aromatic rings. The van der Waals surface area contributed by atoms with Crippen LogP contribution in [0.2, 0.25) is 0 Å². The second kappa shape index (κ2) is 9.67. The summed E-state index contributed by atoms with van der Waals surface area (Å²) in [6, 6.07) is 26.8. The maximum atomic E-state index is 11.4. The molecule has 1 aliphatic carbocycles. The molecule has 0 saturated heterocycles. The van der Waals surface area contributed by atoms with Crippen LogP contribution in [0.15, 0.2) is 84.0 Å². The summed E-state index contributed by atoms with van der Waals surface area (Å²) in [6.45, 7) is 1.46. The quantitative estimate of drug-likeness (QED) is 0.203. The van der Waals surface area contributed by atoms with Crippen molar-refractivity contribution >= 4 is 17.7 Å². The van der Waals surface area contributed by atoms with Crippen molar-refractivity contribution in [1.29, 1.82) is 0 Å². The van der Waals surface area contributed by atoms with Gasteiger partial charge in [0.15, 0.2) is 5.16 Å². The van der Waals surface area contributed by atoms with Gasteiger partial charge in [-0.05, 0) is 42.4 Å². The van der Waals surface area contributed by atoms with Crippen molar-refractivity contribution in [3.63, 3.8) is 0 Å². The minimum Gasteiger partial charge on any atom is -0.426 e. The number of hydrogen-bond acceptors (Lipinski definition) is 4. The molecule has 166 valence electrons. The Morgan fingerprint density at radius 1 is 1.00 bits per heavy atom. The van der Waals surface area contributed by atoms with Crippen LogP contribution in [0.3, 0.4) is 0 Å². The topological polar surface area (TPSA) is 55.0 Å². The number of nitrogens with zero attached hydrogens (tertiary/aromatic N) is 1. The number of carbonyl (C=O) groups excluding carboxylic acids is 1. The van der Waals surface area contributed by atoms with Crippen LogP contribution >= 0.6 is 11.8 Å². The maximum absolute atomic E-state index is 11.4. The second-order valence-electron chi connectivity index (χ2n) is 8.40. The fraction of sp³-hybridized carbons (Fsp3) is 0.214. The molecule has 1 N–H and O–H groups in total. The average Bonchev–Trinajstić information content (AvgIpc) is 3.28. The number of hydrogen-bond donors (Lipinski definition) is 1. The first-order chi connectivity index (χ1) is 16.2. The number of carbonyl (C=O) groups is 1. The number of imidazole rings is 1. The van der Waals surface area contributed by atoms with E-state index in [9.17, 15) is 4.79 Å². The Labute approximate surface area is 198 Å². The van der Waals surface area contributed by atoms with E-state index in [2.05, 4.69) is 59.6 Å². The van der Waals surface area contributed by atoms with Crippen molar-refractivity contribution in [2.75, 3.05) is 5.75 Å². The van der Waals surface area contributed by atoms with Gasteiger partial charge in [0.25, 0.3) is 0 Å². The molecule has 33 heavy (non-hydrogen) atoms. The van der Waals surface area contributed by atoms with E-state index in [1.54, 1.807) is 11.8 Å². The van der Waals surface area contributed by atoms with Crippen molar-refractivity contribution in [3.05, 3.63) is 90.0 Å². The van der Waals surface area contributed by atoms with Gasteiger partial charge in [-0.3, -0.25) is 4.79 Å². The summed E-state index contributed by atoms with van der Waals surface area (Å²) in [6.07, 6.45) is 3.01. The molecule has 0 bridgehead atoms. The zero-order chi connectivity index (χ0) is 22.6. The highest BCUT2D eigenvalue weighted by Crippen LogP contribution is 2.36. The minimum absolute atomic E-state index is 0.262. The molecule has 0 radical (unpaired) electrons. The number of esters is 1. The molecular weight excluding hydrogens is 428 g/mol. The first-order valence-corrected chi connectivity index (χ1v) is 12.3. The Balaban J connectivity index is 1.34. The van der Waals surface area contributed by atoms with Crippen molar-refractivity contribution in [1.82, 2.24) is 9.97 Å². The molecule has 5 heteroatoms. The number of thioether (sulfide) groups is 1. The number of H-pyrrole nitrogens is 1. The van der Waals surface area contributed by atoms with E-state index in [4.69, 9.17) is 9.72 Å². The molecule has 3 aromatic carbocycles. The van der Waals surface area contributed by atoms with Crippen molar-refractivity contribution in [2.24, 2.45) is 5.92 Å². The molecular formula is C28H26N2O2S. The molecule has 5 rings (SSSR count). The van der Waals surface area contributed by atoms with Gasteiger partial charge in [-0.1, -0.05) is 84.6 Å². The van der Waals surface area contributed by atoms with Gasteiger partial charge in [-0.15, -0.1) is 0 Å². The van der Waals surface area contributed by atoms with Gasteiger partial charge in [0.05, 0.1) is 11.4 Å². The number of aromatic nitrogens is 2. The van der Waals surface area contributed by atoms with Crippen LogP contribution in [0.25, 0.3) is 22.5 Å². The SMILES string of the molecule is CC(=O)Oc1cccc2c1CCC(CSc1nc(-c3ccccc3)c(-c3ccccc3)[nH]1)C2. The molecule has 1 atom stereocenters. The van der Waals surface area contributed by atoms with Gasteiger partial charge in [0.1, 0.15) is 5.75 Å². The molecule has 0 amide bonds. The predicted molar refractivity (Wildman–Crippen MR) is 133 cm³/mol. The van der Waals surface area contributed by atoms with Crippen LogP contribution < -0.4 is 4.74 Å². The second-order valence-corrected chi connectivity index (χ2v) is 9.41. The lowest BCUT2D eigenvalue weighted by Gasteiger charge is -2.25. The first kappa shape index (κ1) is 21.5. The Kier molecular flexibility index (Phi) is 6.31. The minimum atomic E-state index is -0.262. The highest BCUT2D eigenvalue weighted by atomic mass is 32.2. The van der Waals surface area contributed by atoms with Gasteiger partial charge in [0, 0.05) is 23.8 Å². The molecule has 0 spiro atoms. The highest BCUT2D eigenvalue weighted by molar-refractivity contribution is 7.99. The fourth-order valence-electron chi connectivity index (χ4n) is 4.48. The summed E-state index contributed by atoms with van der Waals surface area (Å²) in [7, 11) is 0. The van der Waals surface area contributed by atoms with Gasteiger partial charge in [-0.25, -0.2) is 4.98 Å². The van der Waals surface area contributed by atoms with E-state index in [-0.39, 0.29) is 5.97 Å². The summed E-state index contributed by atoms with van der Waals surface area (Å²) < 4.78 is 5.42. The van der Waals surface area contributed by atoms with Crippen molar-refractivity contribution in [3.8, 4) is 28.3 Å². The van der Waals surface area contributed by atoms with Crippen LogP contribution in [-0.4, -0.2) is 21.7 Å². The molecule has 0 saturated carbocycles. The van der Waals surface area contributed by atoms with Gasteiger partial charge >= 0.3 is 5.97 Å². The zero-order valence-electron chi connectivity index (χ0n) is 18.6. The normalized spacial score (nSPS) is 15.1. The number of aromatic amines is 1. The summed E-state index contributed by atoms with van der Waals surface area (Å²) >= 11 is 1.79. The van der Waals surface area contributed by atoms with Crippen LogP contribution in [0.4, 0.5) is 0 Å². The van der Waals surface area contributed by atoms with Crippen LogP contribution in [0.5, 0.6) is 5.75 Å². The van der Waals surface area contributed by atoms with E-state index in [0.717, 1.165) is 58.4 Å². The van der Waals surface area contributed by atoms with E-state index in [0.29, 0.717) is 5.92 Å². The fourth-order valence-corrected chi connectivity index (χ4v) is 5.48. The third-order valence-corrected chi connectivity index (χ3v) is 7.15. The van der Waals surface area contributed by atoms with Gasteiger partial charge in [0.2, 0.25) is 0 Å². The molecule has 4 nitrogen and oxygen atoms in total. The Hall–Kier alpha value is -3.31. The number of nitrogens with one attached hydrogen (secondary N) is 1. The number of fused-ring (bicyclic) bond motifs is 1. The first-order valence-electron chi connectivity index (χ1n) is 11.3. The molecule has 1 unspecified atom stereocenters. The summed E-state index contributed by atoms with van der Waals surface area (Å²) in [4.78, 5) is 20.0. The number of rotatable bonds is 6. The third-order valence-electron chi connectivity index (χ3n) is 6.04. The van der Waals surface area contributed by atoms with E-state index >= 15 is 0 Å². The third kappa shape index (κ3) is 4.88.